The van der Waals surface area contributed by atoms with Crippen LogP contribution in [0.15, 0.2) is 48.5 Å². The van der Waals surface area contributed by atoms with Gasteiger partial charge in [-0.1, -0.05) is 42.2 Å². The number of carbonyl (C=O) groups excluding carboxylic acids is 1. The van der Waals surface area contributed by atoms with Crippen molar-refractivity contribution in [3.63, 3.8) is 0 Å². The molecule has 0 aliphatic rings. The Hall–Kier alpha value is -2.73. The Morgan fingerprint density at radius 2 is 1.86 bits per heavy atom. The number of amides is 1. The van der Waals surface area contributed by atoms with E-state index in [1.807, 2.05) is 43.3 Å². The van der Waals surface area contributed by atoms with Crippen molar-refractivity contribution >= 4 is 11.6 Å². The summed E-state index contributed by atoms with van der Waals surface area (Å²) in [5.74, 6) is 6.56. The van der Waals surface area contributed by atoms with Gasteiger partial charge >= 0.3 is 0 Å². The van der Waals surface area contributed by atoms with Crippen LogP contribution in [-0.4, -0.2) is 12.5 Å². The molecule has 2 aromatic rings. The second-order valence-corrected chi connectivity index (χ2v) is 4.58. The lowest BCUT2D eigenvalue weighted by Gasteiger charge is -2.09. The third-order valence-corrected chi connectivity index (χ3v) is 2.87. The first-order chi connectivity index (χ1) is 10.2. The molecule has 2 rings (SSSR count). The van der Waals surface area contributed by atoms with Crippen molar-refractivity contribution in [2.75, 3.05) is 11.9 Å². The van der Waals surface area contributed by atoms with Crippen LogP contribution in [0.5, 0.6) is 5.75 Å². The highest BCUT2D eigenvalue weighted by Gasteiger charge is 2.03. The first-order valence-electron chi connectivity index (χ1n) is 6.71. The number of aryl methyl sites for hydroxylation is 1. The van der Waals surface area contributed by atoms with E-state index in [2.05, 4.69) is 17.2 Å². The van der Waals surface area contributed by atoms with Gasteiger partial charge in [-0.05, 0) is 30.7 Å². The fraction of sp³-hybridized carbons (Fsp3) is 0.167. The highest BCUT2D eigenvalue weighted by Crippen LogP contribution is 2.23. The van der Waals surface area contributed by atoms with E-state index < -0.39 is 0 Å². The molecule has 0 saturated heterocycles. The van der Waals surface area contributed by atoms with Crippen LogP contribution in [0.2, 0.25) is 0 Å². The Balaban J connectivity index is 2.02. The summed E-state index contributed by atoms with van der Waals surface area (Å²) in [7, 11) is 0. The van der Waals surface area contributed by atoms with Crippen LogP contribution in [-0.2, 0) is 4.79 Å². The Morgan fingerprint density at radius 3 is 2.62 bits per heavy atom. The number of anilines is 1. The molecule has 0 unspecified atom stereocenters. The van der Waals surface area contributed by atoms with E-state index in [0.29, 0.717) is 11.4 Å². The fourth-order valence-corrected chi connectivity index (χ4v) is 1.84. The SMILES string of the molecule is CC(=O)Nc1ccccc1OCC#Cc1ccccc1C. The van der Waals surface area contributed by atoms with Gasteiger partial charge in [-0.15, -0.1) is 0 Å². The first kappa shape index (κ1) is 14.7. The van der Waals surface area contributed by atoms with Crippen LogP contribution >= 0.6 is 0 Å². The lowest BCUT2D eigenvalue weighted by molar-refractivity contribution is -0.114. The van der Waals surface area contributed by atoms with Crippen molar-refractivity contribution in [3.05, 3.63) is 59.7 Å². The molecule has 1 N–H and O–H groups in total. The number of benzene rings is 2. The first-order valence-corrected chi connectivity index (χ1v) is 6.71. The van der Waals surface area contributed by atoms with Gasteiger partial charge in [0.1, 0.15) is 12.4 Å². The molecule has 3 heteroatoms. The maximum absolute atomic E-state index is 11.1. The Bertz CT molecular complexity index is 696. The summed E-state index contributed by atoms with van der Waals surface area (Å²) >= 11 is 0. The zero-order chi connectivity index (χ0) is 15.1. The monoisotopic (exact) mass is 279 g/mol. The predicted octanol–water partition coefficient (Wildman–Crippen LogP) is 3.38. The number of rotatable bonds is 3. The maximum atomic E-state index is 11.1. The zero-order valence-corrected chi connectivity index (χ0v) is 12.1. The highest BCUT2D eigenvalue weighted by molar-refractivity contribution is 5.90. The molecule has 0 aliphatic carbocycles. The third kappa shape index (κ3) is 4.39. The van der Waals surface area contributed by atoms with Crippen LogP contribution in [0.3, 0.4) is 0 Å². The third-order valence-electron chi connectivity index (χ3n) is 2.87. The summed E-state index contributed by atoms with van der Waals surface area (Å²) in [6, 6.07) is 15.3. The van der Waals surface area contributed by atoms with Crippen molar-refractivity contribution in [1.82, 2.24) is 0 Å². The Morgan fingerprint density at radius 1 is 1.14 bits per heavy atom. The molecule has 3 nitrogen and oxygen atoms in total. The largest absolute Gasteiger partial charge is 0.479 e. The Kier molecular flexibility index (Phi) is 5.00. The van der Waals surface area contributed by atoms with Gasteiger partial charge in [0.05, 0.1) is 5.69 Å². The molecule has 2 aromatic carbocycles. The van der Waals surface area contributed by atoms with E-state index in [4.69, 9.17) is 4.74 Å². The topological polar surface area (TPSA) is 38.3 Å². The van der Waals surface area contributed by atoms with E-state index in [9.17, 15) is 4.79 Å². The van der Waals surface area contributed by atoms with Gasteiger partial charge in [-0.3, -0.25) is 4.79 Å². The van der Waals surface area contributed by atoms with Gasteiger partial charge in [-0.25, -0.2) is 0 Å². The van der Waals surface area contributed by atoms with Gasteiger partial charge in [0, 0.05) is 12.5 Å². The number of hydrogen-bond donors (Lipinski definition) is 1. The van der Waals surface area contributed by atoms with Crippen molar-refractivity contribution in [3.8, 4) is 17.6 Å². The normalized spacial score (nSPS) is 9.43. The molecular formula is C18H17NO2. The van der Waals surface area contributed by atoms with E-state index in [1.54, 1.807) is 12.1 Å². The Labute approximate surface area is 125 Å². The molecule has 0 aromatic heterocycles. The second-order valence-electron chi connectivity index (χ2n) is 4.58. The summed E-state index contributed by atoms with van der Waals surface area (Å²) in [6.07, 6.45) is 0. The zero-order valence-electron chi connectivity index (χ0n) is 12.1. The lowest BCUT2D eigenvalue weighted by Crippen LogP contribution is -2.07. The van der Waals surface area contributed by atoms with Crippen LogP contribution in [0, 0.1) is 18.8 Å². The van der Waals surface area contributed by atoms with Crippen molar-refractivity contribution in [1.29, 1.82) is 0 Å². The maximum Gasteiger partial charge on any atom is 0.221 e. The van der Waals surface area contributed by atoms with E-state index in [0.717, 1.165) is 11.1 Å². The number of hydrogen-bond acceptors (Lipinski definition) is 2. The number of carbonyl (C=O) groups is 1. The molecule has 1 amide bonds. The highest BCUT2D eigenvalue weighted by atomic mass is 16.5. The molecule has 0 fully saturated rings. The van der Waals surface area contributed by atoms with Crippen LogP contribution in [0.25, 0.3) is 0 Å². The van der Waals surface area contributed by atoms with E-state index in [1.165, 1.54) is 6.92 Å². The standard InChI is InChI=1S/C18H17NO2/c1-14-8-3-4-9-16(14)10-7-13-21-18-12-6-5-11-17(18)19-15(2)20/h3-6,8-9,11-12H,13H2,1-2H3,(H,19,20). The average molecular weight is 279 g/mol. The molecule has 0 radical (unpaired) electrons. The number of nitrogens with one attached hydrogen (secondary N) is 1. The van der Waals surface area contributed by atoms with Gasteiger partial charge in [-0.2, -0.15) is 0 Å². The van der Waals surface area contributed by atoms with E-state index >= 15 is 0 Å². The predicted molar refractivity (Wildman–Crippen MR) is 84.3 cm³/mol. The molecule has 0 heterocycles. The fourth-order valence-electron chi connectivity index (χ4n) is 1.84. The van der Waals surface area contributed by atoms with Crippen molar-refractivity contribution in [2.24, 2.45) is 0 Å². The van der Waals surface area contributed by atoms with Crippen LogP contribution in [0.4, 0.5) is 5.69 Å². The van der Waals surface area contributed by atoms with Gasteiger partial charge in [0.2, 0.25) is 5.91 Å². The van der Waals surface area contributed by atoms with Gasteiger partial charge < -0.3 is 10.1 Å². The van der Waals surface area contributed by atoms with Crippen molar-refractivity contribution in [2.45, 2.75) is 13.8 Å². The second kappa shape index (κ2) is 7.16. The summed E-state index contributed by atoms with van der Waals surface area (Å²) in [5, 5.41) is 2.73. The summed E-state index contributed by atoms with van der Waals surface area (Å²) in [5.41, 5.74) is 2.79. The molecule has 0 aliphatic heterocycles. The average Bonchev–Trinajstić information content (AvgIpc) is 2.46. The number of para-hydroxylation sites is 2. The quantitative estimate of drug-likeness (QED) is 0.875. The molecule has 0 atom stereocenters. The molecule has 0 saturated carbocycles. The minimum Gasteiger partial charge on any atom is -0.479 e. The van der Waals surface area contributed by atoms with Crippen LogP contribution in [0.1, 0.15) is 18.1 Å². The number of ether oxygens (including phenoxy) is 1. The van der Waals surface area contributed by atoms with Crippen LogP contribution < -0.4 is 10.1 Å². The lowest BCUT2D eigenvalue weighted by atomic mass is 10.1. The molecule has 21 heavy (non-hydrogen) atoms. The summed E-state index contributed by atoms with van der Waals surface area (Å²) in [6.45, 7) is 3.76. The van der Waals surface area contributed by atoms with Gasteiger partial charge in [0.25, 0.3) is 0 Å². The molecule has 106 valence electrons. The minimum absolute atomic E-state index is 0.128. The van der Waals surface area contributed by atoms with Gasteiger partial charge in [0.15, 0.2) is 0 Å². The summed E-state index contributed by atoms with van der Waals surface area (Å²) < 4.78 is 5.61. The molecule has 0 bridgehead atoms. The summed E-state index contributed by atoms with van der Waals surface area (Å²) in [4.78, 5) is 11.1. The van der Waals surface area contributed by atoms with E-state index in [-0.39, 0.29) is 12.5 Å². The smallest absolute Gasteiger partial charge is 0.221 e. The molecule has 0 spiro atoms. The van der Waals surface area contributed by atoms with Crippen molar-refractivity contribution < 1.29 is 9.53 Å². The minimum atomic E-state index is -0.128. The molecular weight excluding hydrogens is 262 g/mol.